The maximum atomic E-state index is 12.9. The number of aryl methyl sites for hydroxylation is 1. The first-order valence-electron chi connectivity index (χ1n) is 11.1. The van der Waals surface area contributed by atoms with Crippen LogP contribution in [0.1, 0.15) is 49.1 Å². The highest BCUT2D eigenvalue weighted by Gasteiger charge is 2.54. The quantitative estimate of drug-likeness (QED) is 0.311. The molecule has 1 fully saturated rings. The Morgan fingerprint density at radius 2 is 1.83 bits per heavy atom. The summed E-state index contributed by atoms with van der Waals surface area (Å²) in [6.45, 7) is -0.831. The van der Waals surface area contributed by atoms with Gasteiger partial charge >= 0.3 is 6.18 Å². The molecule has 0 heterocycles. The lowest BCUT2D eigenvalue weighted by Crippen LogP contribution is -2.29. The van der Waals surface area contributed by atoms with E-state index < -0.39 is 36.8 Å². The maximum Gasteiger partial charge on any atom is 0.450 e. The molecule has 0 spiro atoms. The topological polar surface area (TPSA) is 43.4 Å². The normalized spacial score (nSPS) is 18.5. The zero-order valence-corrected chi connectivity index (χ0v) is 19.9. The summed E-state index contributed by atoms with van der Waals surface area (Å²) >= 11 is 12.3. The average Bonchev–Trinajstić information content (AvgIpc) is 3.45. The number of fused-ring (bicyclic) bond motifs is 1. The number of benzene rings is 2. The molecule has 2 aromatic rings. The Kier molecular flexibility index (Phi) is 7.17. The second-order valence-electron chi connectivity index (χ2n) is 9.12. The molecule has 0 saturated heterocycles. The summed E-state index contributed by atoms with van der Waals surface area (Å²) in [6.07, 6.45) is -6.47. The van der Waals surface area contributed by atoms with E-state index in [4.69, 9.17) is 27.9 Å². The number of halogens is 7. The van der Waals surface area contributed by atoms with Crippen LogP contribution in [-0.4, -0.2) is 30.8 Å². The van der Waals surface area contributed by atoms with E-state index in [0.29, 0.717) is 41.8 Å². The highest BCUT2D eigenvalue weighted by Crippen LogP contribution is 2.53. The highest BCUT2D eigenvalue weighted by molar-refractivity contribution is 6.36. The van der Waals surface area contributed by atoms with Gasteiger partial charge in [-0.3, -0.25) is 9.59 Å². The van der Waals surface area contributed by atoms with Gasteiger partial charge in [-0.15, -0.1) is 0 Å². The Hall–Kier alpha value is -2.19. The molecule has 1 unspecified atom stereocenters. The Balaban J connectivity index is 1.53. The van der Waals surface area contributed by atoms with Crippen LogP contribution in [0, 0.1) is 5.41 Å². The van der Waals surface area contributed by atoms with Crippen molar-refractivity contribution in [3.05, 3.63) is 51.5 Å². The SMILES string of the molecule is O=C(CC1(C(=O)CC2CCc3cc(-c4cc(Cl)cc(Cl)c4OCC(F)F)ccc32)CC1)C(F)(F)F. The lowest BCUT2D eigenvalue weighted by Gasteiger charge is -2.18. The fraction of sp³-hybridized carbons (Fsp3) is 0.440. The third-order valence-corrected chi connectivity index (χ3v) is 7.21. The molecule has 0 N–H and O–H groups in total. The van der Waals surface area contributed by atoms with Crippen LogP contribution in [0.3, 0.4) is 0 Å². The summed E-state index contributed by atoms with van der Waals surface area (Å²) in [5, 5.41) is 0.404. The number of alkyl halides is 5. The fourth-order valence-corrected chi connectivity index (χ4v) is 5.25. The van der Waals surface area contributed by atoms with Gasteiger partial charge in [0.1, 0.15) is 18.1 Å². The third kappa shape index (κ3) is 5.64. The lowest BCUT2D eigenvalue weighted by molar-refractivity contribution is -0.172. The first kappa shape index (κ1) is 25.9. The molecule has 0 aliphatic heterocycles. The van der Waals surface area contributed by atoms with Crippen molar-refractivity contribution in [1.82, 2.24) is 0 Å². The van der Waals surface area contributed by atoms with Crippen LogP contribution in [-0.2, 0) is 16.0 Å². The van der Waals surface area contributed by atoms with Crippen LogP contribution in [0.5, 0.6) is 5.75 Å². The number of carbonyl (C=O) groups excluding carboxylic acids is 2. The van der Waals surface area contributed by atoms with Gasteiger partial charge in [0.15, 0.2) is 0 Å². The van der Waals surface area contributed by atoms with Gasteiger partial charge in [-0.05, 0) is 60.4 Å². The lowest BCUT2D eigenvalue weighted by atomic mass is 9.85. The number of Topliss-reactive ketones (excluding diaryl/α,β-unsaturated/α-hetero) is 2. The monoisotopic (exact) mass is 534 g/mol. The predicted octanol–water partition coefficient (Wildman–Crippen LogP) is 7.60. The smallest absolute Gasteiger partial charge is 0.450 e. The summed E-state index contributed by atoms with van der Waals surface area (Å²) in [5.74, 6) is -2.24. The number of hydrogen-bond acceptors (Lipinski definition) is 3. The van der Waals surface area contributed by atoms with Crippen LogP contribution in [0.15, 0.2) is 30.3 Å². The molecule has 2 aliphatic carbocycles. The van der Waals surface area contributed by atoms with Crippen molar-refractivity contribution in [3.63, 3.8) is 0 Å². The molecule has 0 aromatic heterocycles. The largest absolute Gasteiger partial charge is 0.485 e. The summed E-state index contributed by atoms with van der Waals surface area (Å²) < 4.78 is 68.7. The van der Waals surface area contributed by atoms with Gasteiger partial charge in [0.05, 0.1) is 5.02 Å². The van der Waals surface area contributed by atoms with Gasteiger partial charge in [0.25, 0.3) is 6.43 Å². The van der Waals surface area contributed by atoms with E-state index in [1.54, 1.807) is 12.1 Å². The van der Waals surface area contributed by atoms with Crippen LogP contribution in [0.2, 0.25) is 10.0 Å². The van der Waals surface area contributed by atoms with Crippen molar-refractivity contribution in [2.75, 3.05) is 6.61 Å². The third-order valence-electron chi connectivity index (χ3n) is 6.71. The second kappa shape index (κ2) is 9.69. The number of ether oxygens (including phenoxy) is 1. The summed E-state index contributed by atoms with van der Waals surface area (Å²) in [5.41, 5.74) is 1.76. The van der Waals surface area contributed by atoms with Crippen LogP contribution in [0.25, 0.3) is 11.1 Å². The highest BCUT2D eigenvalue weighted by atomic mass is 35.5. The van der Waals surface area contributed by atoms with E-state index in [-0.39, 0.29) is 28.9 Å². The van der Waals surface area contributed by atoms with Crippen LogP contribution >= 0.6 is 23.2 Å². The Bertz CT molecular complexity index is 1160. The molecule has 3 nitrogen and oxygen atoms in total. The second-order valence-corrected chi connectivity index (χ2v) is 9.96. The van der Waals surface area contributed by atoms with Gasteiger partial charge in [-0.25, -0.2) is 8.78 Å². The Labute approximate surface area is 208 Å². The Morgan fingerprint density at radius 1 is 1.11 bits per heavy atom. The molecular weight excluding hydrogens is 514 g/mol. The molecule has 35 heavy (non-hydrogen) atoms. The number of carbonyl (C=O) groups is 2. The zero-order chi connectivity index (χ0) is 25.5. The minimum absolute atomic E-state index is 0.0726. The van der Waals surface area contributed by atoms with Crippen molar-refractivity contribution in [1.29, 1.82) is 0 Å². The molecule has 1 saturated carbocycles. The first-order valence-corrected chi connectivity index (χ1v) is 11.8. The van der Waals surface area contributed by atoms with Crippen LogP contribution < -0.4 is 4.74 Å². The van der Waals surface area contributed by atoms with Crippen molar-refractivity contribution in [2.45, 2.75) is 57.0 Å². The maximum absolute atomic E-state index is 12.9. The molecule has 1 atom stereocenters. The van der Waals surface area contributed by atoms with E-state index in [1.807, 2.05) is 12.1 Å². The fourth-order valence-electron chi connectivity index (χ4n) is 4.71. The summed E-state index contributed by atoms with van der Waals surface area (Å²) in [4.78, 5) is 24.3. The minimum atomic E-state index is -4.94. The van der Waals surface area contributed by atoms with Crippen LogP contribution in [0.4, 0.5) is 22.0 Å². The summed E-state index contributed by atoms with van der Waals surface area (Å²) in [6, 6.07) is 8.40. The minimum Gasteiger partial charge on any atom is -0.485 e. The van der Waals surface area contributed by atoms with E-state index in [9.17, 15) is 31.5 Å². The average molecular weight is 535 g/mol. The summed E-state index contributed by atoms with van der Waals surface area (Å²) in [7, 11) is 0. The molecular formula is C25H21Cl2F5O3. The number of rotatable bonds is 9. The molecule has 0 amide bonds. The first-order chi connectivity index (χ1) is 16.4. The van der Waals surface area contributed by atoms with Crippen molar-refractivity contribution < 1.29 is 36.3 Å². The van der Waals surface area contributed by atoms with Gasteiger partial charge in [0.2, 0.25) is 5.78 Å². The molecule has 2 aliphatic rings. The van der Waals surface area contributed by atoms with Gasteiger partial charge in [-0.2, -0.15) is 13.2 Å². The van der Waals surface area contributed by atoms with E-state index in [2.05, 4.69) is 0 Å². The molecule has 0 radical (unpaired) electrons. The zero-order valence-electron chi connectivity index (χ0n) is 18.4. The molecule has 188 valence electrons. The van der Waals surface area contributed by atoms with E-state index in [1.165, 1.54) is 6.07 Å². The van der Waals surface area contributed by atoms with Gasteiger partial charge < -0.3 is 4.74 Å². The Morgan fingerprint density at radius 3 is 2.46 bits per heavy atom. The molecule has 10 heteroatoms. The van der Waals surface area contributed by atoms with Crippen molar-refractivity contribution in [3.8, 4) is 16.9 Å². The number of ketones is 2. The molecule has 0 bridgehead atoms. The molecule has 2 aromatic carbocycles. The van der Waals surface area contributed by atoms with Crippen molar-refractivity contribution >= 4 is 34.8 Å². The number of hydrogen-bond donors (Lipinski definition) is 0. The van der Waals surface area contributed by atoms with Gasteiger partial charge in [-0.1, -0.05) is 41.4 Å². The van der Waals surface area contributed by atoms with Gasteiger partial charge in [0, 0.05) is 28.8 Å². The van der Waals surface area contributed by atoms with E-state index >= 15 is 0 Å². The standard InChI is InChI=1S/C25H21Cl2F5O3/c26-16-9-18(23(19(27)10-16)35-12-22(28)29)14-3-4-17-13(7-14)1-2-15(17)8-20(33)24(5-6-24)11-21(34)25(30,31)32/h3-4,7,9-10,15,22H,1-2,5-6,8,11-12H2. The van der Waals surface area contributed by atoms with Crippen molar-refractivity contribution in [2.24, 2.45) is 5.41 Å². The molecule has 4 rings (SSSR count). The van der Waals surface area contributed by atoms with E-state index in [0.717, 1.165) is 11.1 Å². The predicted molar refractivity (Wildman–Crippen MR) is 121 cm³/mol.